The molecule has 0 saturated carbocycles. The highest BCUT2D eigenvalue weighted by atomic mass is 16.2. The van der Waals surface area contributed by atoms with Gasteiger partial charge in [-0.15, -0.1) is 0 Å². The van der Waals surface area contributed by atoms with Crippen molar-refractivity contribution in [3.05, 3.63) is 77.9 Å². The molecular formula is C28H31N3O3. The Morgan fingerprint density at radius 1 is 0.971 bits per heavy atom. The summed E-state index contributed by atoms with van der Waals surface area (Å²) in [7, 11) is 0. The van der Waals surface area contributed by atoms with Crippen LogP contribution in [0.2, 0.25) is 0 Å². The van der Waals surface area contributed by atoms with Crippen LogP contribution in [0.1, 0.15) is 49.0 Å². The van der Waals surface area contributed by atoms with Crippen molar-refractivity contribution in [1.82, 2.24) is 10.2 Å². The lowest BCUT2D eigenvalue weighted by molar-refractivity contribution is -0.140. The normalized spacial score (nSPS) is 13.2. The van der Waals surface area contributed by atoms with E-state index in [1.54, 1.807) is 15.9 Å². The summed E-state index contributed by atoms with van der Waals surface area (Å²) in [5.74, 6) is -0.585. The Bertz CT molecular complexity index is 1190. The minimum absolute atomic E-state index is 0.113. The van der Waals surface area contributed by atoms with E-state index in [9.17, 15) is 14.4 Å². The molecule has 0 aliphatic carbocycles. The number of nitrogens with zero attached hydrogens (tertiary/aromatic N) is 2. The van der Waals surface area contributed by atoms with Gasteiger partial charge in [0.2, 0.25) is 11.8 Å². The highest BCUT2D eigenvalue weighted by Gasteiger charge is 2.35. The molecule has 0 saturated heterocycles. The van der Waals surface area contributed by atoms with Crippen molar-refractivity contribution in [3.63, 3.8) is 0 Å². The molecule has 0 radical (unpaired) electrons. The molecule has 176 valence electrons. The van der Waals surface area contributed by atoms with Gasteiger partial charge in [0.05, 0.1) is 5.69 Å². The molecule has 1 aliphatic heterocycles. The van der Waals surface area contributed by atoms with Crippen molar-refractivity contribution in [2.45, 2.75) is 45.7 Å². The Balaban J connectivity index is 1.61. The second-order valence-corrected chi connectivity index (χ2v) is 8.65. The van der Waals surface area contributed by atoms with Gasteiger partial charge in [-0.2, -0.15) is 0 Å². The van der Waals surface area contributed by atoms with Crippen molar-refractivity contribution in [3.8, 4) is 0 Å². The Hall–Kier alpha value is -3.67. The van der Waals surface area contributed by atoms with Crippen molar-refractivity contribution in [2.24, 2.45) is 0 Å². The van der Waals surface area contributed by atoms with Crippen molar-refractivity contribution in [2.75, 3.05) is 18.0 Å². The monoisotopic (exact) mass is 457 g/mol. The number of carbonyl (C=O) groups excluding carboxylic acids is 3. The molecule has 0 unspecified atom stereocenters. The molecule has 1 aliphatic rings. The first kappa shape index (κ1) is 23.5. The largest absolute Gasteiger partial charge is 0.354 e. The topological polar surface area (TPSA) is 69.7 Å². The lowest BCUT2D eigenvalue weighted by atomic mass is 10.1. The van der Waals surface area contributed by atoms with Crippen LogP contribution in [-0.4, -0.2) is 41.8 Å². The van der Waals surface area contributed by atoms with Gasteiger partial charge in [0.25, 0.3) is 5.91 Å². The van der Waals surface area contributed by atoms with Gasteiger partial charge < -0.3 is 10.2 Å². The molecule has 3 amide bonds. The van der Waals surface area contributed by atoms with E-state index in [2.05, 4.69) is 12.2 Å². The predicted molar refractivity (Wildman–Crippen MR) is 135 cm³/mol. The molecule has 6 heteroatoms. The minimum Gasteiger partial charge on any atom is -0.354 e. The maximum atomic E-state index is 13.7. The average Bonchev–Trinajstić information content (AvgIpc) is 3.12. The summed E-state index contributed by atoms with van der Waals surface area (Å²) >= 11 is 0. The van der Waals surface area contributed by atoms with E-state index in [4.69, 9.17) is 0 Å². The van der Waals surface area contributed by atoms with Crippen LogP contribution in [-0.2, 0) is 16.1 Å². The molecule has 3 aromatic rings. The van der Waals surface area contributed by atoms with Crippen molar-refractivity contribution < 1.29 is 14.4 Å². The molecule has 0 aromatic heterocycles. The maximum absolute atomic E-state index is 13.7. The second kappa shape index (κ2) is 10.5. The second-order valence-electron chi connectivity index (χ2n) is 8.65. The van der Waals surface area contributed by atoms with Crippen LogP contribution < -0.4 is 10.2 Å². The maximum Gasteiger partial charge on any atom is 0.259 e. The van der Waals surface area contributed by atoms with Crippen molar-refractivity contribution in [1.29, 1.82) is 0 Å². The number of nitrogens with one attached hydrogen (secondary N) is 1. The summed E-state index contributed by atoms with van der Waals surface area (Å²) in [6.07, 6.45) is 2.35. The zero-order chi connectivity index (χ0) is 24.1. The predicted octanol–water partition coefficient (Wildman–Crippen LogP) is 4.52. The number of rotatable bonds is 10. The third-order valence-electron chi connectivity index (χ3n) is 6.35. The number of hydrogen-bond donors (Lipinski definition) is 1. The summed E-state index contributed by atoms with van der Waals surface area (Å²) in [6.45, 7) is 4.76. The summed E-state index contributed by atoms with van der Waals surface area (Å²) < 4.78 is 0. The fourth-order valence-electron chi connectivity index (χ4n) is 4.57. The molecule has 0 fully saturated rings. The molecule has 6 nitrogen and oxygen atoms in total. The van der Waals surface area contributed by atoms with E-state index in [1.807, 2.05) is 67.6 Å². The van der Waals surface area contributed by atoms with E-state index in [0.717, 1.165) is 34.9 Å². The van der Waals surface area contributed by atoms with Gasteiger partial charge in [0, 0.05) is 24.0 Å². The van der Waals surface area contributed by atoms with E-state index < -0.39 is 6.04 Å². The average molecular weight is 458 g/mol. The van der Waals surface area contributed by atoms with Gasteiger partial charge in [-0.1, -0.05) is 74.9 Å². The number of benzene rings is 3. The standard InChI is InChI=1S/C28H31N3O3/c1-3-5-17-29-27(33)23(4-2)30(18-20-11-7-6-8-12-20)25(32)19-31-24-16-10-14-21-13-9-15-22(26(21)24)28(31)34/h6-16,23H,3-5,17-19H2,1-2H3,(H,29,33)/t23-/m0/s1. The third-order valence-corrected chi connectivity index (χ3v) is 6.35. The van der Waals surface area contributed by atoms with Gasteiger partial charge in [0.1, 0.15) is 12.6 Å². The van der Waals surface area contributed by atoms with Crippen LogP contribution >= 0.6 is 0 Å². The Morgan fingerprint density at radius 3 is 2.41 bits per heavy atom. The lowest BCUT2D eigenvalue weighted by Crippen LogP contribution is -2.52. The van der Waals surface area contributed by atoms with Crippen LogP contribution in [0.3, 0.4) is 0 Å². The zero-order valence-corrected chi connectivity index (χ0v) is 19.8. The Labute approximate surface area is 200 Å². The van der Waals surface area contributed by atoms with Crippen LogP contribution in [0.15, 0.2) is 66.7 Å². The number of amides is 3. The lowest BCUT2D eigenvalue weighted by Gasteiger charge is -2.32. The van der Waals surface area contributed by atoms with Crippen LogP contribution in [0.5, 0.6) is 0 Å². The smallest absolute Gasteiger partial charge is 0.259 e. The molecule has 4 rings (SSSR count). The molecule has 34 heavy (non-hydrogen) atoms. The Morgan fingerprint density at radius 2 is 1.71 bits per heavy atom. The van der Waals surface area contributed by atoms with E-state index in [-0.39, 0.29) is 24.3 Å². The third kappa shape index (κ3) is 4.67. The van der Waals surface area contributed by atoms with Gasteiger partial charge in [-0.3, -0.25) is 19.3 Å². The first-order valence-corrected chi connectivity index (χ1v) is 12.0. The van der Waals surface area contributed by atoms with E-state index in [1.165, 1.54) is 0 Å². The van der Waals surface area contributed by atoms with Crippen LogP contribution in [0.4, 0.5) is 5.69 Å². The van der Waals surface area contributed by atoms with Crippen molar-refractivity contribution >= 4 is 34.2 Å². The number of anilines is 1. The van der Waals surface area contributed by atoms with Gasteiger partial charge in [-0.25, -0.2) is 0 Å². The van der Waals surface area contributed by atoms with Gasteiger partial charge in [-0.05, 0) is 35.9 Å². The number of hydrogen-bond acceptors (Lipinski definition) is 3. The highest BCUT2D eigenvalue weighted by Crippen LogP contribution is 2.37. The van der Waals surface area contributed by atoms with Crippen LogP contribution in [0.25, 0.3) is 10.8 Å². The zero-order valence-electron chi connectivity index (χ0n) is 19.8. The molecular weight excluding hydrogens is 426 g/mol. The van der Waals surface area contributed by atoms with Gasteiger partial charge in [0.15, 0.2) is 0 Å². The first-order valence-electron chi connectivity index (χ1n) is 12.0. The summed E-state index contributed by atoms with van der Waals surface area (Å²) in [5.41, 5.74) is 2.29. The summed E-state index contributed by atoms with van der Waals surface area (Å²) in [6, 6.07) is 20.4. The van der Waals surface area contributed by atoms with E-state index in [0.29, 0.717) is 25.1 Å². The number of carbonyl (C=O) groups is 3. The van der Waals surface area contributed by atoms with Crippen LogP contribution in [0, 0.1) is 0 Å². The van der Waals surface area contributed by atoms with Gasteiger partial charge >= 0.3 is 0 Å². The fraction of sp³-hybridized carbons (Fsp3) is 0.321. The molecule has 1 N–H and O–H groups in total. The molecule has 0 bridgehead atoms. The molecule has 1 atom stereocenters. The summed E-state index contributed by atoms with van der Waals surface area (Å²) in [5, 5.41) is 4.82. The SMILES string of the molecule is CCCCNC(=O)[C@H](CC)N(Cc1ccccc1)C(=O)CN1C(=O)c2cccc3cccc1c23. The number of unbranched alkanes of at least 4 members (excludes halogenated alkanes) is 1. The molecule has 1 heterocycles. The Kier molecular flexibility index (Phi) is 7.26. The summed E-state index contributed by atoms with van der Waals surface area (Å²) in [4.78, 5) is 43.1. The van der Waals surface area contributed by atoms with E-state index >= 15 is 0 Å². The fourth-order valence-corrected chi connectivity index (χ4v) is 4.57. The minimum atomic E-state index is -0.611. The first-order chi connectivity index (χ1) is 16.5. The molecule has 3 aromatic carbocycles. The quantitative estimate of drug-likeness (QED) is 0.455. The molecule has 0 spiro atoms. The highest BCUT2D eigenvalue weighted by molar-refractivity contribution is 6.26.